The number of carbonyl (C=O) groups excluding carboxylic acids is 2. The van der Waals surface area contributed by atoms with Gasteiger partial charge in [-0.1, -0.05) is 122 Å². The van der Waals surface area contributed by atoms with Crippen molar-refractivity contribution < 1.29 is 46.2 Å². The average Bonchev–Trinajstić information content (AvgIpc) is 3.93. The molecular weight excluding hydrogens is 1090 g/mol. The summed E-state index contributed by atoms with van der Waals surface area (Å²) in [5, 5.41) is -0.148. The summed E-state index contributed by atoms with van der Waals surface area (Å²) in [6.45, 7) is 51.6. The van der Waals surface area contributed by atoms with Crippen molar-refractivity contribution in [1.29, 1.82) is 0 Å². The molecule has 0 N–H and O–H groups in total. The van der Waals surface area contributed by atoms with E-state index in [-0.39, 0.29) is 48.2 Å². The van der Waals surface area contributed by atoms with Gasteiger partial charge in [0, 0.05) is 60.5 Å². The third-order valence-corrected chi connectivity index (χ3v) is 40.3. The summed E-state index contributed by atoms with van der Waals surface area (Å²) in [5.74, 6) is -0.459. The Bertz CT molecular complexity index is 2230. The molecule has 22 heteroatoms. The molecule has 78 heavy (non-hydrogen) atoms. The molecular formula is C56H112N4O12Si6. The predicted octanol–water partition coefficient (Wildman–Crippen LogP) is 12.7. The van der Waals surface area contributed by atoms with Crippen LogP contribution in [-0.2, 0) is 54.6 Å². The minimum absolute atomic E-state index is 0.0446. The monoisotopic (exact) mass is 1200 g/mol. The van der Waals surface area contributed by atoms with Gasteiger partial charge in [0.25, 0.3) is 5.56 Å². The molecule has 3 aliphatic rings. The van der Waals surface area contributed by atoms with Gasteiger partial charge in [-0.05, 0) is 98.0 Å². The zero-order chi connectivity index (χ0) is 59.3. The van der Waals surface area contributed by atoms with Crippen LogP contribution < -0.4 is 11.2 Å². The number of hydrogen-bond donors (Lipinski definition) is 0. The fraction of sp³-hybridized carbons (Fsp3) is 0.893. The number of urea groups is 1. The number of ether oxygens (including phenoxy) is 4. The maximum atomic E-state index is 15.3. The molecule has 4 rings (SSSR count). The van der Waals surface area contributed by atoms with E-state index in [1.54, 1.807) is 11.1 Å². The van der Waals surface area contributed by atoms with Crippen LogP contribution in [0.25, 0.3) is 0 Å². The van der Waals surface area contributed by atoms with E-state index in [4.69, 9.17) is 36.7 Å². The zero-order valence-electron chi connectivity index (χ0n) is 53.5. The molecule has 0 spiro atoms. The van der Waals surface area contributed by atoms with Crippen LogP contribution in [0, 0.1) is 5.41 Å². The molecule has 3 fully saturated rings. The van der Waals surface area contributed by atoms with Gasteiger partial charge < -0.3 is 36.7 Å². The summed E-state index contributed by atoms with van der Waals surface area (Å²) in [6.07, 6.45) is -0.958. The molecule has 1 aromatic rings. The van der Waals surface area contributed by atoms with Gasteiger partial charge in [-0.2, -0.15) is 0 Å². The molecule has 3 saturated heterocycles. The van der Waals surface area contributed by atoms with Crippen molar-refractivity contribution >= 4 is 61.4 Å². The van der Waals surface area contributed by atoms with Crippen LogP contribution in [0.2, 0.25) is 124 Å². The lowest BCUT2D eigenvalue weighted by atomic mass is 9.80. The summed E-state index contributed by atoms with van der Waals surface area (Å²) in [7, 11) is -11.9. The van der Waals surface area contributed by atoms with E-state index in [1.165, 1.54) is 9.47 Å². The summed E-state index contributed by atoms with van der Waals surface area (Å²) in [6, 6.07) is 7.01. The van der Waals surface area contributed by atoms with Gasteiger partial charge in [-0.25, -0.2) is 19.1 Å². The molecule has 3 amide bonds. The smallest absolute Gasteiger partial charge is 0.335 e. The zero-order valence-corrected chi connectivity index (χ0v) is 59.5. The number of carbonyl (C=O) groups is 2. The number of amides is 3. The van der Waals surface area contributed by atoms with E-state index in [0.717, 1.165) is 52.9 Å². The van der Waals surface area contributed by atoms with Crippen molar-refractivity contribution in [3.05, 3.63) is 32.6 Å². The van der Waals surface area contributed by atoms with Crippen LogP contribution in [0.5, 0.6) is 0 Å². The molecule has 0 aromatic carbocycles. The summed E-state index contributed by atoms with van der Waals surface area (Å²) >= 11 is 0. The molecule has 7 atom stereocenters. The van der Waals surface area contributed by atoms with Crippen LogP contribution in [0.4, 0.5) is 4.79 Å². The molecule has 0 saturated carbocycles. The van der Waals surface area contributed by atoms with Crippen LogP contribution in [0.1, 0.15) is 115 Å². The van der Waals surface area contributed by atoms with Gasteiger partial charge in [0.1, 0.15) is 38.1 Å². The predicted molar refractivity (Wildman–Crippen MR) is 331 cm³/mol. The highest BCUT2D eigenvalue weighted by Crippen LogP contribution is 2.44. The minimum atomic E-state index is -2.37. The third-order valence-electron chi connectivity index (χ3n) is 18.5. The number of nitrogens with zero attached hydrogens (tertiary/aromatic N) is 4. The van der Waals surface area contributed by atoms with E-state index in [9.17, 15) is 4.79 Å². The Kier molecular flexibility index (Phi) is 24.0. The molecule has 4 heterocycles. The Morgan fingerprint density at radius 2 is 1.08 bits per heavy atom. The minimum Gasteiger partial charge on any atom is -0.414 e. The Hall–Kier alpha value is -1.40. The van der Waals surface area contributed by atoms with Gasteiger partial charge >= 0.3 is 11.7 Å². The quantitative estimate of drug-likeness (QED) is 0.0531. The van der Waals surface area contributed by atoms with Crippen molar-refractivity contribution in [2.75, 3.05) is 39.7 Å². The van der Waals surface area contributed by atoms with Crippen molar-refractivity contribution in [1.82, 2.24) is 18.9 Å². The highest BCUT2D eigenvalue weighted by Gasteiger charge is 2.54. The molecule has 1 aromatic heterocycles. The normalized spacial score (nSPS) is 24.6. The average molecular weight is 1200 g/mol. The topological polar surface area (TPSA) is 158 Å². The fourth-order valence-corrected chi connectivity index (χ4v) is 19.6. The van der Waals surface area contributed by atoms with Crippen molar-refractivity contribution in [2.24, 2.45) is 5.41 Å². The number of hydrogen-bond acceptors (Lipinski definition) is 12. The van der Waals surface area contributed by atoms with Gasteiger partial charge in [-0.15, -0.1) is 0 Å². The summed E-state index contributed by atoms with van der Waals surface area (Å²) < 4.78 is 57.1. The summed E-state index contributed by atoms with van der Waals surface area (Å²) in [5.41, 5.74) is -2.26. The third kappa shape index (κ3) is 17.4. The SMILES string of the molecule is CC[Si](CC)(CC)OC[C@H]1O[C@@H](N2C[C@](C)(Cc3cn([C@H]4C[C@@H](O[Si](C)(C)C(C)(C)C)[C@@H](CO[Si](C)(C)C(C)(C)C)O4)c(=O)n(COCC[Si](C)(C)C)c3=O)C(=O)N(COCC[Si](C)(C)C)C2=O)C[C@H]1O[Si](CC)(CC)CC. The van der Waals surface area contributed by atoms with Gasteiger partial charge in [0.05, 0.1) is 30.8 Å². The first-order chi connectivity index (χ1) is 35.8. The highest BCUT2D eigenvalue weighted by molar-refractivity contribution is 6.77. The van der Waals surface area contributed by atoms with Crippen molar-refractivity contribution in [3.8, 4) is 0 Å². The van der Waals surface area contributed by atoms with E-state index >= 15 is 14.4 Å². The Labute approximate surface area is 478 Å². The van der Waals surface area contributed by atoms with Crippen LogP contribution in [-0.4, -0.2) is 151 Å². The van der Waals surface area contributed by atoms with Gasteiger partial charge in [-0.3, -0.25) is 19.1 Å². The fourth-order valence-electron chi connectivity index (χ4n) is 10.2. The van der Waals surface area contributed by atoms with E-state index in [1.807, 2.05) is 6.92 Å². The Morgan fingerprint density at radius 1 is 0.615 bits per heavy atom. The molecule has 0 aliphatic carbocycles. The van der Waals surface area contributed by atoms with Crippen LogP contribution >= 0.6 is 0 Å². The molecule has 0 radical (unpaired) electrons. The lowest BCUT2D eigenvalue weighted by molar-refractivity contribution is -0.154. The van der Waals surface area contributed by atoms with E-state index < -0.39 is 109 Å². The second-order valence-electron chi connectivity index (χ2n) is 28.8. The van der Waals surface area contributed by atoms with Crippen LogP contribution in [0.3, 0.4) is 0 Å². The molecule has 3 aliphatic heterocycles. The lowest BCUT2D eigenvalue weighted by Gasteiger charge is -2.46. The van der Waals surface area contributed by atoms with E-state index in [0.29, 0.717) is 39.3 Å². The number of aromatic nitrogens is 2. The largest absolute Gasteiger partial charge is 0.414 e. The first kappa shape index (κ1) is 69.1. The first-order valence-electron chi connectivity index (χ1n) is 29.9. The molecule has 0 unspecified atom stereocenters. The second-order valence-corrected chi connectivity index (χ2v) is 59.1. The Morgan fingerprint density at radius 3 is 1.56 bits per heavy atom. The van der Waals surface area contributed by atoms with Crippen LogP contribution in [0.15, 0.2) is 15.8 Å². The number of imide groups is 1. The molecule has 16 nitrogen and oxygen atoms in total. The first-order valence-corrected chi connectivity index (χ1v) is 48.2. The highest BCUT2D eigenvalue weighted by atomic mass is 28.4. The van der Waals surface area contributed by atoms with Crippen molar-refractivity contribution in [2.45, 2.75) is 277 Å². The van der Waals surface area contributed by atoms with Crippen molar-refractivity contribution in [3.63, 3.8) is 0 Å². The molecule has 0 bridgehead atoms. The summed E-state index contributed by atoms with van der Waals surface area (Å²) in [4.78, 5) is 63.2. The Balaban J connectivity index is 1.88. The molecule has 452 valence electrons. The lowest BCUT2D eigenvalue weighted by Crippen LogP contribution is -2.64. The standard InChI is InChI=1S/C56H112N4O12Si6/c1-24-77(25-2,26-3)68-39-47-45(72-78(27-4,28-5)29-6)35-49(70-47)58-40-56(13,51(62)60(53(58)64)42-66-31-33-74(17,18)19)36-43-37-57(52(63)59(50(43)61)41-65-30-32-73(14,15)16)48-34-44(71-76(22,23)55(10,11)12)46(69-48)38-67-75(20,21)54(7,8)9/h37,44-49H,24-36,38-42H2,1-23H3/t44-,45-,46-,47-,48-,49-,56+/m1/s1. The van der Waals surface area contributed by atoms with Gasteiger partial charge in [0.15, 0.2) is 33.3 Å². The second kappa shape index (κ2) is 27.1. The maximum absolute atomic E-state index is 15.3. The van der Waals surface area contributed by atoms with Gasteiger partial charge in [0.2, 0.25) is 5.91 Å². The maximum Gasteiger partial charge on any atom is 0.335 e. The van der Waals surface area contributed by atoms with E-state index in [2.05, 4.69) is 149 Å². The number of rotatable bonds is 30.